The second kappa shape index (κ2) is 5.14. The quantitative estimate of drug-likeness (QED) is 0.916. The molecule has 0 aliphatic rings. The molecule has 0 saturated heterocycles. The number of nitrogens with zero attached hydrogens (tertiary/aromatic N) is 1. The van der Waals surface area contributed by atoms with Crippen molar-refractivity contribution in [3.05, 3.63) is 41.3 Å². The zero-order valence-electron chi connectivity index (χ0n) is 11.1. The van der Waals surface area contributed by atoms with Crippen LogP contribution in [0.5, 0.6) is 11.8 Å². The molecule has 2 N–H and O–H groups in total. The van der Waals surface area contributed by atoms with Gasteiger partial charge in [-0.05, 0) is 30.0 Å². The number of nitrogens with two attached hydrogens (primary N) is 1. The standard InChI is InChI=1S/C14H16N2O3/c1-8(2)10-5-4-9(3)12(6-10)19-14-16-11(7-18-14)13(15)17/h4-8H,1-3H3,(H2,15,17). The smallest absolute Gasteiger partial charge is 0.399 e. The number of hydrogen-bond donors (Lipinski definition) is 1. The highest BCUT2D eigenvalue weighted by molar-refractivity contribution is 5.90. The number of oxazole rings is 1. The van der Waals surface area contributed by atoms with E-state index >= 15 is 0 Å². The van der Waals surface area contributed by atoms with Gasteiger partial charge in [-0.1, -0.05) is 26.0 Å². The maximum Gasteiger partial charge on any atom is 0.399 e. The van der Waals surface area contributed by atoms with Gasteiger partial charge in [-0.3, -0.25) is 4.79 Å². The Morgan fingerprint density at radius 2 is 2.16 bits per heavy atom. The van der Waals surface area contributed by atoms with Crippen LogP contribution < -0.4 is 10.5 Å². The van der Waals surface area contributed by atoms with E-state index in [1.54, 1.807) is 0 Å². The Kier molecular flexibility index (Phi) is 3.55. The summed E-state index contributed by atoms with van der Waals surface area (Å²) in [5, 5.41) is 0. The van der Waals surface area contributed by atoms with Crippen LogP contribution >= 0.6 is 0 Å². The summed E-state index contributed by atoms with van der Waals surface area (Å²) in [5.74, 6) is 0.406. The van der Waals surface area contributed by atoms with Gasteiger partial charge in [0.25, 0.3) is 5.91 Å². The van der Waals surface area contributed by atoms with E-state index in [1.165, 1.54) is 6.26 Å². The van der Waals surface area contributed by atoms with Gasteiger partial charge in [-0.15, -0.1) is 0 Å². The molecule has 0 aliphatic heterocycles. The van der Waals surface area contributed by atoms with Crippen molar-refractivity contribution in [1.82, 2.24) is 4.98 Å². The third kappa shape index (κ3) is 2.93. The highest BCUT2D eigenvalue weighted by atomic mass is 16.6. The third-order valence-electron chi connectivity index (χ3n) is 2.81. The number of hydrogen-bond acceptors (Lipinski definition) is 4. The second-order valence-corrected chi connectivity index (χ2v) is 4.64. The average molecular weight is 260 g/mol. The first-order valence-electron chi connectivity index (χ1n) is 6.01. The molecular formula is C14H16N2O3. The summed E-state index contributed by atoms with van der Waals surface area (Å²) < 4.78 is 10.6. The van der Waals surface area contributed by atoms with Crippen LogP contribution in [0.4, 0.5) is 0 Å². The Hall–Kier alpha value is -2.30. The van der Waals surface area contributed by atoms with Crippen molar-refractivity contribution in [3.8, 4) is 11.8 Å². The van der Waals surface area contributed by atoms with Crippen LogP contribution in [-0.4, -0.2) is 10.9 Å². The van der Waals surface area contributed by atoms with Crippen molar-refractivity contribution in [2.24, 2.45) is 5.73 Å². The van der Waals surface area contributed by atoms with Gasteiger partial charge < -0.3 is 14.9 Å². The van der Waals surface area contributed by atoms with Crippen molar-refractivity contribution in [2.45, 2.75) is 26.7 Å². The first-order chi connectivity index (χ1) is 8.97. The van der Waals surface area contributed by atoms with Crippen LogP contribution in [0.2, 0.25) is 0 Å². The summed E-state index contributed by atoms with van der Waals surface area (Å²) in [5.41, 5.74) is 7.26. The van der Waals surface area contributed by atoms with Gasteiger partial charge in [0, 0.05) is 0 Å². The molecule has 0 saturated carbocycles. The summed E-state index contributed by atoms with van der Waals surface area (Å²) in [4.78, 5) is 14.8. The van der Waals surface area contributed by atoms with E-state index in [0.717, 1.165) is 11.1 Å². The summed E-state index contributed by atoms with van der Waals surface area (Å²) >= 11 is 0. The lowest BCUT2D eigenvalue weighted by Crippen LogP contribution is -2.10. The maximum absolute atomic E-state index is 10.9. The molecule has 2 rings (SSSR count). The molecule has 0 spiro atoms. The number of ether oxygens (including phenoxy) is 1. The molecule has 0 bridgehead atoms. The van der Waals surface area contributed by atoms with E-state index in [1.807, 2.05) is 19.1 Å². The van der Waals surface area contributed by atoms with E-state index in [-0.39, 0.29) is 11.8 Å². The predicted molar refractivity (Wildman–Crippen MR) is 70.4 cm³/mol. The largest absolute Gasteiger partial charge is 0.416 e. The molecule has 0 unspecified atom stereocenters. The number of carbonyl (C=O) groups excluding carboxylic acids is 1. The molecule has 1 heterocycles. The van der Waals surface area contributed by atoms with E-state index < -0.39 is 5.91 Å². The van der Waals surface area contributed by atoms with Gasteiger partial charge in [-0.25, -0.2) is 0 Å². The molecule has 5 heteroatoms. The maximum atomic E-state index is 10.9. The first kappa shape index (κ1) is 13.1. The number of aryl methyl sites for hydroxylation is 1. The van der Waals surface area contributed by atoms with E-state index in [2.05, 4.69) is 24.9 Å². The Bertz CT molecular complexity index is 602. The van der Waals surface area contributed by atoms with Crippen LogP contribution in [0.15, 0.2) is 28.9 Å². The van der Waals surface area contributed by atoms with Crippen LogP contribution in [0.1, 0.15) is 41.4 Å². The molecular weight excluding hydrogens is 244 g/mol. The van der Waals surface area contributed by atoms with Crippen molar-refractivity contribution < 1.29 is 13.9 Å². The fraction of sp³-hybridized carbons (Fsp3) is 0.286. The number of benzene rings is 1. The molecule has 2 aromatic rings. The summed E-state index contributed by atoms with van der Waals surface area (Å²) in [7, 11) is 0. The number of aromatic nitrogens is 1. The summed E-state index contributed by atoms with van der Waals surface area (Å²) in [6.45, 7) is 6.13. The van der Waals surface area contributed by atoms with E-state index in [0.29, 0.717) is 11.7 Å². The molecule has 1 aromatic heterocycles. The first-order valence-corrected chi connectivity index (χ1v) is 6.01. The lowest BCUT2D eigenvalue weighted by Gasteiger charge is -2.10. The number of amides is 1. The molecule has 0 fully saturated rings. The number of carbonyl (C=O) groups is 1. The monoisotopic (exact) mass is 260 g/mol. The SMILES string of the molecule is Cc1ccc(C(C)C)cc1Oc1nc(C(N)=O)co1. The normalized spacial score (nSPS) is 10.7. The van der Waals surface area contributed by atoms with Gasteiger partial charge >= 0.3 is 6.08 Å². The van der Waals surface area contributed by atoms with Crippen LogP contribution in [0.3, 0.4) is 0 Å². The minimum absolute atomic E-state index is 0.0119. The predicted octanol–water partition coefficient (Wildman–Crippen LogP) is 3.00. The molecule has 0 atom stereocenters. The fourth-order valence-electron chi connectivity index (χ4n) is 1.60. The molecule has 100 valence electrons. The molecule has 0 aliphatic carbocycles. The van der Waals surface area contributed by atoms with Crippen LogP contribution in [-0.2, 0) is 0 Å². The highest BCUT2D eigenvalue weighted by Gasteiger charge is 2.12. The minimum atomic E-state index is -0.647. The number of rotatable bonds is 4. The van der Waals surface area contributed by atoms with Gasteiger partial charge in [0.1, 0.15) is 12.0 Å². The minimum Gasteiger partial charge on any atom is -0.416 e. The lowest BCUT2D eigenvalue weighted by atomic mass is 10.0. The van der Waals surface area contributed by atoms with Crippen molar-refractivity contribution in [3.63, 3.8) is 0 Å². The fourth-order valence-corrected chi connectivity index (χ4v) is 1.60. The van der Waals surface area contributed by atoms with Crippen molar-refractivity contribution in [2.75, 3.05) is 0 Å². The van der Waals surface area contributed by atoms with E-state index in [9.17, 15) is 4.79 Å². The summed E-state index contributed by atoms with van der Waals surface area (Å²) in [6.07, 6.45) is 1.19. The highest BCUT2D eigenvalue weighted by Crippen LogP contribution is 2.28. The average Bonchev–Trinajstić information content (AvgIpc) is 2.80. The Balaban J connectivity index is 2.26. The van der Waals surface area contributed by atoms with Gasteiger partial charge in [0.05, 0.1) is 0 Å². The molecule has 1 aromatic carbocycles. The lowest BCUT2D eigenvalue weighted by molar-refractivity contribution is 0.0995. The molecule has 5 nitrogen and oxygen atoms in total. The molecule has 19 heavy (non-hydrogen) atoms. The van der Waals surface area contributed by atoms with Crippen LogP contribution in [0.25, 0.3) is 0 Å². The van der Waals surface area contributed by atoms with Gasteiger partial charge in [0.2, 0.25) is 0 Å². The zero-order valence-corrected chi connectivity index (χ0v) is 11.1. The van der Waals surface area contributed by atoms with E-state index in [4.69, 9.17) is 14.9 Å². The zero-order chi connectivity index (χ0) is 14.0. The third-order valence-corrected chi connectivity index (χ3v) is 2.81. The Morgan fingerprint density at radius 1 is 1.42 bits per heavy atom. The van der Waals surface area contributed by atoms with Crippen molar-refractivity contribution >= 4 is 5.91 Å². The van der Waals surface area contributed by atoms with Gasteiger partial charge in [0.15, 0.2) is 5.69 Å². The Morgan fingerprint density at radius 3 is 2.74 bits per heavy atom. The van der Waals surface area contributed by atoms with Gasteiger partial charge in [-0.2, -0.15) is 4.98 Å². The molecule has 1 amide bonds. The van der Waals surface area contributed by atoms with Crippen molar-refractivity contribution in [1.29, 1.82) is 0 Å². The van der Waals surface area contributed by atoms with Crippen LogP contribution in [0, 0.1) is 6.92 Å². The topological polar surface area (TPSA) is 78.4 Å². The summed E-state index contributed by atoms with van der Waals surface area (Å²) in [6, 6.07) is 5.97. The Labute approximate surface area is 111 Å². The number of primary amides is 1. The molecule has 0 radical (unpaired) electrons. The second-order valence-electron chi connectivity index (χ2n) is 4.64.